The Morgan fingerprint density at radius 2 is 2.22 bits per heavy atom. The van der Waals surface area contributed by atoms with Crippen LogP contribution in [0.15, 0.2) is 22.8 Å². The summed E-state index contributed by atoms with van der Waals surface area (Å²) in [5.41, 5.74) is 2.62. The second-order valence-corrected chi connectivity index (χ2v) is 6.71. The molecule has 0 unspecified atom stereocenters. The van der Waals surface area contributed by atoms with Gasteiger partial charge in [0.2, 0.25) is 5.91 Å². The van der Waals surface area contributed by atoms with Crippen LogP contribution in [0.3, 0.4) is 0 Å². The molecule has 3 rings (SSSR count). The first-order chi connectivity index (χ1) is 11.0. The molecule has 0 aliphatic carbocycles. The summed E-state index contributed by atoms with van der Waals surface area (Å²) in [7, 11) is 1.83. The first-order valence-electron chi connectivity index (χ1n) is 8.06. The highest BCUT2D eigenvalue weighted by Gasteiger charge is 2.20. The van der Waals surface area contributed by atoms with Crippen molar-refractivity contribution in [3.05, 3.63) is 34.5 Å². The van der Waals surface area contributed by atoms with Crippen molar-refractivity contribution in [2.75, 3.05) is 20.2 Å². The van der Waals surface area contributed by atoms with Crippen molar-refractivity contribution >= 4 is 28.5 Å². The van der Waals surface area contributed by atoms with E-state index in [0.717, 1.165) is 41.5 Å². The number of halogens is 1. The maximum atomic E-state index is 12.5. The predicted octanol–water partition coefficient (Wildman–Crippen LogP) is 3.96. The minimum atomic E-state index is 0.0681. The molecule has 1 aromatic heterocycles. The first kappa shape index (κ1) is 16.3. The summed E-state index contributed by atoms with van der Waals surface area (Å²) in [6, 6.07) is 3.79. The fraction of sp³-hybridized carbons (Fsp3) is 0.500. The molecule has 1 atom stereocenters. The third kappa shape index (κ3) is 3.70. The summed E-state index contributed by atoms with van der Waals surface area (Å²) in [5.74, 6) is 0.0681. The average Bonchev–Trinajstić information content (AvgIpc) is 2.91. The number of hydrogen-bond acceptors (Lipinski definition) is 3. The van der Waals surface area contributed by atoms with Crippen molar-refractivity contribution in [3.63, 3.8) is 0 Å². The number of ether oxygens (including phenoxy) is 1. The van der Waals surface area contributed by atoms with Gasteiger partial charge in [0, 0.05) is 36.2 Å². The number of amides is 1. The Hall–Kier alpha value is -1.52. The van der Waals surface area contributed by atoms with Gasteiger partial charge in [-0.25, -0.2) is 0 Å². The van der Waals surface area contributed by atoms with Crippen molar-refractivity contribution in [3.8, 4) is 0 Å². The second kappa shape index (κ2) is 6.93. The van der Waals surface area contributed by atoms with E-state index in [4.69, 9.17) is 20.8 Å². The summed E-state index contributed by atoms with van der Waals surface area (Å²) in [6.07, 6.45) is 5.46. The van der Waals surface area contributed by atoms with Crippen molar-refractivity contribution in [2.24, 2.45) is 0 Å². The zero-order valence-corrected chi connectivity index (χ0v) is 14.4. The zero-order valence-electron chi connectivity index (χ0n) is 13.6. The highest BCUT2D eigenvalue weighted by atomic mass is 35.5. The second-order valence-electron chi connectivity index (χ2n) is 6.30. The number of benzene rings is 1. The molecule has 0 N–H and O–H groups in total. The predicted molar refractivity (Wildman–Crippen MR) is 90.9 cm³/mol. The summed E-state index contributed by atoms with van der Waals surface area (Å²) in [5, 5.41) is 1.60. The van der Waals surface area contributed by atoms with Crippen LogP contribution < -0.4 is 0 Å². The van der Waals surface area contributed by atoms with Crippen molar-refractivity contribution in [1.82, 2.24) is 4.90 Å². The molecule has 124 valence electrons. The number of aryl methyl sites for hydroxylation is 1. The molecule has 1 fully saturated rings. The number of likely N-dealkylation sites (N-methyl/N-ethyl adjacent to an activating group) is 1. The van der Waals surface area contributed by atoms with Crippen LogP contribution in [0.5, 0.6) is 0 Å². The molecular formula is C18H22ClNO3. The van der Waals surface area contributed by atoms with Gasteiger partial charge in [-0.05, 0) is 43.9 Å². The van der Waals surface area contributed by atoms with Gasteiger partial charge in [-0.1, -0.05) is 11.6 Å². The van der Waals surface area contributed by atoms with Gasteiger partial charge in [-0.15, -0.1) is 0 Å². The number of furan rings is 1. The molecule has 1 aliphatic heterocycles. The van der Waals surface area contributed by atoms with Gasteiger partial charge in [0.1, 0.15) is 5.58 Å². The Bertz CT molecular complexity index is 704. The average molecular weight is 336 g/mol. The lowest BCUT2D eigenvalue weighted by Crippen LogP contribution is -2.37. The van der Waals surface area contributed by atoms with Crippen LogP contribution in [0.4, 0.5) is 0 Å². The van der Waals surface area contributed by atoms with Gasteiger partial charge in [0.15, 0.2) is 0 Å². The van der Waals surface area contributed by atoms with E-state index >= 15 is 0 Å². The lowest BCUT2D eigenvalue weighted by Gasteiger charge is -2.27. The number of carbonyl (C=O) groups is 1. The van der Waals surface area contributed by atoms with Crippen LogP contribution in [0.2, 0.25) is 5.02 Å². The molecule has 0 spiro atoms. The smallest absolute Gasteiger partial charge is 0.226 e. The lowest BCUT2D eigenvalue weighted by atomic mass is 10.1. The first-order valence-corrected chi connectivity index (χ1v) is 8.44. The Morgan fingerprint density at radius 1 is 1.39 bits per heavy atom. The fourth-order valence-electron chi connectivity index (χ4n) is 3.00. The number of carbonyl (C=O) groups excluding carboxylic acids is 1. The van der Waals surface area contributed by atoms with Gasteiger partial charge >= 0.3 is 0 Å². The molecule has 0 radical (unpaired) electrons. The summed E-state index contributed by atoms with van der Waals surface area (Å²) in [6.45, 7) is 3.39. The summed E-state index contributed by atoms with van der Waals surface area (Å²) >= 11 is 6.19. The van der Waals surface area contributed by atoms with E-state index in [1.165, 1.54) is 6.42 Å². The Labute approximate surface area is 141 Å². The van der Waals surface area contributed by atoms with E-state index < -0.39 is 0 Å². The highest BCUT2D eigenvalue weighted by molar-refractivity contribution is 6.32. The van der Waals surface area contributed by atoms with Crippen molar-refractivity contribution in [1.29, 1.82) is 0 Å². The molecule has 2 heterocycles. The van der Waals surface area contributed by atoms with Crippen LogP contribution in [0.1, 0.15) is 30.4 Å². The standard InChI is InChI=1S/C18H22ClNO3/c1-12-7-17-15(9-16(12)19)13(11-23-17)8-18(21)20(2)10-14-5-3-4-6-22-14/h7,9,11,14H,3-6,8,10H2,1-2H3/t14-/m1/s1. The molecular weight excluding hydrogens is 314 g/mol. The summed E-state index contributed by atoms with van der Waals surface area (Å²) < 4.78 is 11.3. The maximum Gasteiger partial charge on any atom is 0.226 e. The molecule has 4 nitrogen and oxygen atoms in total. The Balaban J connectivity index is 1.68. The van der Waals surface area contributed by atoms with Crippen LogP contribution in [-0.2, 0) is 16.0 Å². The molecule has 1 aromatic carbocycles. The van der Waals surface area contributed by atoms with Crippen LogP contribution in [-0.4, -0.2) is 37.1 Å². The van der Waals surface area contributed by atoms with E-state index in [0.29, 0.717) is 18.0 Å². The van der Waals surface area contributed by atoms with Gasteiger partial charge in [-0.3, -0.25) is 4.79 Å². The van der Waals surface area contributed by atoms with Gasteiger partial charge in [0.05, 0.1) is 18.8 Å². The highest BCUT2D eigenvalue weighted by Crippen LogP contribution is 2.28. The van der Waals surface area contributed by atoms with Crippen molar-refractivity contribution in [2.45, 2.75) is 38.7 Å². The van der Waals surface area contributed by atoms with Crippen LogP contribution >= 0.6 is 11.6 Å². The van der Waals surface area contributed by atoms with Crippen LogP contribution in [0, 0.1) is 6.92 Å². The largest absolute Gasteiger partial charge is 0.464 e. The zero-order chi connectivity index (χ0) is 16.4. The minimum Gasteiger partial charge on any atom is -0.464 e. The third-order valence-corrected chi connectivity index (χ3v) is 4.86. The number of fused-ring (bicyclic) bond motifs is 1. The molecule has 1 aliphatic rings. The van der Waals surface area contributed by atoms with Gasteiger partial charge in [-0.2, -0.15) is 0 Å². The van der Waals surface area contributed by atoms with Crippen molar-refractivity contribution < 1.29 is 13.9 Å². The van der Waals surface area contributed by atoms with Crippen LogP contribution in [0.25, 0.3) is 11.0 Å². The molecule has 1 saturated heterocycles. The number of rotatable bonds is 4. The van der Waals surface area contributed by atoms with E-state index in [-0.39, 0.29) is 12.0 Å². The monoisotopic (exact) mass is 335 g/mol. The van der Waals surface area contributed by atoms with E-state index in [9.17, 15) is 4.79 Å². The molecule has 5 heteroatoms. The molecule has 23 heavy (non-hydrogen) atoms. The quantitative estimate of drug-likeness (QED) is 0.849. The maximum absolute atomic E-state index is 12.5. The Kier molecular flexibility index (Phi) is 4.93. The number of nitrogens with zero attached hydrogens (tertiary/aromatic N) is 1. The van der Waals surface area contributed by atoms with E-state index in [1.54, 1.807) is 11.2 Å². The minimum absolute atomic E-state index is 0.0681. The molecule has 0 bridgehead atoms. The van der Waals surface area contributed by atoms with Gasteiger partial charge in [0.25, 0.3) is 0 Å². The molecule has 2 aromatic rings. The molecule has 0 saturated carbocycles. The fourth-order valence-corrected chi connectivity index (χ4v) is 3.16. The normalized spacial score (nSPS) is 18.3. The Morgan fingerprint density at radius 3 is 2.96 bits per heavy atom. The number of hydrogen-bond donors (Lipinski definition) is 0. The summed E-state index contributed by atoms with van der Waals surface area (Å²) in [4.78, 5) is 14.2. The lowest BCUT2D eigenvalue weighted by molar-refractivity contribution is -0.131. The van der Waals surface area contributed by atoms with E-state index in [1.807, 2.05) is 26.1 Å². The van der Waals surface area contributed by atoms with Gasteiger partial charge < -0.3 is 14.1 Å². The third-order valence-electron chi connectivity index (χ3n) is 4.45. The van der Waals surface area contributed by atoms with E-state index in [2.05, 4.69) is 0 Å². The molecule has 1 amide bonds. The topological polar surface area (TPSA) is 42.7 Å². The SMILES string of the molecule is Cc1cc2occ(CC(=O)N(C)C[C@H]3CCCCO3)c2cc1Cl.